The van der Waals surface area contributed by atoms with Crippen LogP contribution in [0.2, 0.25) is 10.0 Å². The maximum Gasteiger partial charge on any atom is 0.137 e. The van der Waals surface area contributed by atoms with E-state index < -0.39 is 0 Å². The molecule has 2 aromatic carbocycles. The van der Waals surface area contributed by atoms with E-state index >= 15 is 0 Å². The Bertz CT molecular complexity index is 837. The lowest BCUT2D eigenvalue weighted by Crippen LogP contribution is -2.25. The van der Waals surface area contributed by atoms with Gasteiger partial charge in [0.25, 0.3) is 0 Å². The lowest BCUT2D eigenvalue weighted by atomic mass is 9.85. The van der Waals surface area contributed by atoms with E-state index in [1.807, 2.05) is 6.07 Å². The number of hydrogen-bond acceptors (Lipinski definition) is 3. The van der Waals surface area contributed by atoms with Crippen LogP contribution in [0.25, 0.3) is 0 Å². The SMILES string of the molecule is COc1cc2c(cc1Cl)CCN(C)CC2c1ccc(Cl)c2c1OCCC2. The number of rotatable bonds is 2. The van der Waals surface area contributed by atoms with E-state index in [2.05, 4.69) is 30.1 Å². The Kier molecular flexibility index (Phi) is 5.05. The number of nitrogens with zero attached hydrogens (tertiary/aromatic N) is 1. The van der Waals surface area contributed by atoms with Crippen LogP contribution in [0.15, 0.2) is 24.3 Å². The summed E-state index contributed by atoms with van der Waals surface area (Å²) >= 11 is 12.9. The minimum Gasteiger partial charge on any atom is -0.495 e. The number of methoxy groups -OCH3 is 1. The second-order valence-corrected chi connectivity index (χ2v) is 7.96. The van der Waals surface area contributed by atoms with Crippen molar-refractivity contribution >= 4 is 23.2 Å². The number of ether oxygens (including phenoxy) is 2. The van der Waals surface area contributed by atoms with E-state index in [1.165, 1.54) is 16.7 Å². The molecule has 0 bridgehead atoms. The monoisotopic (exact) mass is 391 g/mol. The van der Waals surface area contributed by atoms with Gasteiger partial charge < -0.3 is 14.4 Å². The van der Waals surface area contributed by atoms with Gasteiger partial charge in [0.2, 0.25) is 0 Å². The van der Waals surface area contributed by atoms with Crippen LogP contribution in [0.1, 0.15) is 34.6 Å². The molecule has 2 aliphatic rings. The number of halogens is 2. The van der Waals surface area contributed by atoms with Gasteiger partial charge in [-0.3, -0.25) is 0 Å². The quantitative estimate of drug-likeness (QED) is 0.722. The molecule has 0 amide bonds. The van der Waals surface area contributed by atoms with Crippen LogP contribution in [0, 0.1) is 0 Å². The molecular formula is C21H23Cl2NO2. The van der Waals surface area contributed by atoms with Crippen LogP contribution in [0.3, 0.4) is 0 Å². The maximum atomic E-state index is 6.45. The minimum atomic E-state index is 0.202. The van der Waals surface area contributed by atoms with Crippen molar-refractivity contribution in [1.82, 2.24) is 4.90 Å². The van der Waals surface area contributed by atoms with Gasteiger partial charge in [0, 0.05) is 35.2 Å². The predicted octanol–water partition coefficient (Wildman–Crippen LogP) is 4.95. The van der Waals surface area contributed by atoms with Crippen LogP contribution in [0.5, 0.6) is 11.5 Å². The molecule has 5 heteroatoms. The van der Waals surface area contributed by atoms with E-state index in [-0.39, 0.29) is 5.92 Å². The first kappa shape index (κ1) is 18.0. The van der Waals surface area contributed by atoms with Crippen molar-refractivity contribution in [3.8, 4) is 11.5 Å². The Morgan fingerprint density at radius 3 is 2.77 bits per heavy atom. The summed E-state index contributed by atoms with van der Waals surface area (Å²) in [5, 5.41) is 1.48. The largest absolute Gasteiger partial charge is 0.495 e. The van der Waals surface area contributed by atoms with Crippen LogP contribution in [-0.2, 0) is 12.8 Å². The Morgan fingerprint density at radius 2 is 1.96 bits per heavy atom. The van der Waals surface area contributed by atoms with Gasteiger partial charge in [-0.1, -0.05) is 29.3 Å². The van der Waals surface area contributed by atoms with Gasteiger partial charge in [-0.05, 0) is 55.6 Å². The van der Waals surface area contributed by atoms with Crippen molar-refractivity contribution in [2.75, 3.05) is 33.9 Å². The molecule has 0 aromatic heterocycles. The Morgan fingerprint density at radius 1 is 1.12 bits per heavy atom. The van der Waals surface area contributed by atoms with Gasteiger partial charge in [0.1, 0.15) is 11.5 Å². The summed E-state index contributed by atoms with van der Waals surface area (Å²) < 4.78 is 11.6. The maximum absolute atomic E-state index is 6.45. The van der Waals surface area contributed by atoms with Gasteiger partial charge in [0.05, 0.1) is 18.7 Å². The first-order chi connectivity index (χ1) is 12.6. The average Bonchev–Trinajstić information content (AvgIpc) is 2.80. The van der Waals surface area contributed by atoms with E-state index in [1.54, 1.807) is 7.11 Å². The third-order valence-corrected chi connectivity index (χ3v) is 6.12. The lowest BCUT2D eigenvalue weighted by molar-refractivity contribution is 0.280. The number of likely N-dealkylation sites (N-methyl/N-ethyl adjacent to an activating group) is 1. The Balaban J connectivity index is 1.89. The fourth-order valence-electron chi connectivity index (χ4n) is 4.11. The molecule has 0 saturated carbocycles. The zero-order chi connectivity index (χ0) is 18.3. The molecule has 138 valence electrons. The fourth-order valence-corrected chi connectivity index (χ4v) is 4.62. The smallest absolute Gasteiger partial charge is 0.137 e. The highest BCUT2D eigenvalue weighted by Gasteiger charge is 2.29. The van der Waals surface area contributed by atoms with E-state index in [0.717, 1.165) is 61.0 Å². The molecule has 0 fully saturated rings. The molecule has 0 N–H and O–H groups in total. The first-order valence-corrected chi connectivity index (χ1v) is 9.83. The third kappa shape index (κ3) is 3.17. The fraction of sp³-hybridized carbons (Fsp3) is 0.429. The van der Waals surface area contributed by atoms with Gasteiger partial charge in [-0.25, -0.2) is 0 Å². The molecular weight excluding hydrogens is 369 g/mol. The van der Waals surface area contributed by atoms with Crippen LogP contribution < -0.4 is 9.47 Å². The van der Waals surface area contributed by atoms with Gasteiger partial charge in [-0.15, -0.1) is 0 Å². The molecule has 4 rings (SSSR count). The second-order valence-electron chi connectivity index (χ2n) is 7.15. The Labute approximate surface area is 164 Å². The van der Waals surface area contributed by atoms with Crippen molar-refractivity contribution in [2.24, 2.45) is 0 Å². The zero-order valence-corrected chi connectivity index (χ0v) is 16.7. The molecule has 2 aromatic rings. The second kappa shape index (κ2) is 7.30. The molecule has 0 saturated heterocycles. The molecule has 3 nitrogen and oxygen atoms in total. The molecule has 0 aliphatic carbocycles. The molecule has 0 radical (unpaired) electrons. The van der Waals surface area contributed by atoms with Crippen molar-refractivity contribution in [3.63, 3.8) is 0 Å². The Hall–Kier alpha value is -1.42. The minimum absolute atomic E-state index is 0.202. The van der Waals surface area contributed by atoms with Gasteiger partial charge in [0.15, 0.2) is 0 Å². The summed E-state index contributed by atoms with van der Waals surface area (Å²) in [7, 11) is 3.83. The van der Waals surface area contributed by atoms with Gasteiger partial charge >= 0.3 is 0 Å². The highest BCUT2D eigenvalue weighted by Crippen LogP contribution is 2.43. The summed E-state index contributed by atoms with van der Waals surface area (Å²) in [6, 6.07) is 8.31. The molecule has 2 heterocycles. The van der Waals surface area contributed by atoms with E-state index in [4.69, 9.17) is 32.7 Å². The van der Waals surface area contributed by atoms with Crippen LogP contribution in [-0.4, -0.2) is 38.8 Å². The summed E-state index contributed by atoms with van der Waals surface area (Å²) in [6.07, 6.45) is 2.96. The first-order valence-electron chi connectivity index (χ1n) is 9.07. The van der Waals surface area contributed by atoms with Crippen LogP contribution >= 0.6 is 23.2 Å². The number of benzene rings is 2. The molecule has 0 spiro atoms. The number of fused-ring (bicyclic) bond motifs is 2. The zero-order valence-electron chi connectivity index (χ0n) is 15.1. The highest BCUT2D eigenvalue weighted by atomic mass is 35.5. The van der Waals surface area contributed by atoms with E-state index in [9.17, 15) is 0 Å². The lowest BCUT2D eigenvalue weighted by Gasteiger charge is -2.28. The van der Waals surface area contributed by atoms with Crippen molar-refractivity contribution < 1.29 is 9.47 Å². The third-order valence-electron chi connectivity index (χ3n) is 5.47. The number of hydrogen-bond donors (Lipinski definition) is 0. The predicted molar refractivity (Wildman–Crippen MR) is 106 cm³/mol. The summed E-state index contributed by atoms with van der Waals surface area (Å²) in [5.74, 6) is 1.90. The molecule has 26 heavy (non-hydrogen) atoms. The highest BCUT2D eigenvalue weighted by molar-refractivity contribution is 6.32. The molecule has 2 aliphatic heterocycles. The molecule has 1 unspecified atom stereocenters. The van der Waals surface area contributed by atoms with E-state index in [0.29, 0.717) is 5.02 Å². The topological polar surface area (TPSA) is 21.7 Å². The van der Waals surface area contributed by atoms with Crippen molar-refractivity contribution in [1.29, 1.82) is 0 Å². The summed E-state index contributed by atoms with van der Waals surface area (Å²) in [5.41, 5.74) is 4.91. The normalized spacial score (nSPS) is 19.9. The van der Waals surface area contributed by atoms with Gasteiger partial charge in [-0.2, -0.15) is 0 Å². The van der Waals surface area contributed by atoms with Crippen molar-refractivity contribution in [3.05, 3.63) is 56.6 Å². The van der Waals surface area contributed by atoms with Crippen molar-refractivity contribution in [2.45, 2.75) is 25.2 Å². The summed E-state index contributed by atoms with van der Waals surface area (Å²) in [6.45, 7) is 2.68. The van der Waals surface area contributed by atoms with Crippen LogP contribution in [0.4, 0.5) is 0 Å². The standard InChI is InChI=1S/C21H23Cl2NO2/c1-24-8-7-13-10-19(23)20(25-2)11-16(13)17(12-24)14-5-6-18(22)15-4-3-9-26-21(14)15/h5-6,10-11,17H,3-4,7-9,12H2,1-2H3. The molecule has 1 atom stereocenters. The summed E-state index contributed by atoms with van der Waals surface area (Å²) in [4.78, 5) is 2.37. The average molecular weight is 392 g/mol.